The molecule has 0 saturated carbocycles. The second-order valence-electron chi connectivity index (χ2n) is 5.51. The number of aryl methyl sites for hydroxylation is 1. The van der Waals surface area contributed by atoms with E-state index in [1.54, 1.807) is 6.33 Å². The number of benzene rings is 1. The zero-order valence-corrected chi connectivity index (χ0v) is 11.9. The first kappa shape index (κ1) is 13.3. The minimum atomic E-state index is -0.481. The smallest absolute Gasteiger partial charge is 0.147 e. The summed E-state index contributed by atoms with van der Waals surface area (Å²) in [5.74, 6) is 0.971. The molecule has 2 unspecified atom stereocenters. The van der Waals surface area contributed by atoms with Crippen LogP contribution in [0.5, 0.6) is 0 Å². The molecule has 0 saturated heterocycles. The Morgan fingerprint density at radius 3 is 2.70 bits per heavy atom. The second kappa shape index (κ2) is 5.34. The highest BCUT2D eigenvalue weighted by atomic mass is 16.3. The van der Waals surface area contributed by atoms with Gasteiger partial charge in [0, 0.05) is 19.1 Å². The van der Waals surface area contributed by atoms with E-state index < -0.39 is 6.10 Å². The molecule has 5 heteroatoms. The molecule has 2 atom stereocenters. The second-order valence-corrected chi connectivity index (χ2v) is 5.51. The van der Waals surface area contributed by atoms with E-state index in [1.165, 1.54) is 5.56 Å². The number of hydrogen-bond donors (Lipinski definition) is 1. The molecule has 0 fully saturated rings. The molecular weight excluding hydrogens is 252 g/mol. The molecule has 0 spiro atoms. The molecule has 1 aliphatic rings. The molecule has 1 aromatic heterocycles. The van der Waals surface area contributed by atoms with Gasteiger partial charge in [-0.1, -0.05) is 29.8 Å². The van der Waals surface area contributed by atoms with Crippen molar-refractivity contribution in [1.29, 1.82) is 0 Å². The van der Waals surface area contributed by atoms with Gasteiger partial charge in [-0.05, 0) is 19.4 Å². The Morgan fingerprint density at radius 2 is 1.95 bits per heavy atom. The van der Waals surface area contributed by atoms with E-state index in [1.807, 2.05) is 24.3 Å². The van der Waals surface area contributed by atoms with Crippen LogP contribution in [0.1, 0.15) is 30.0 Å². The van der Waals surface area contributed by atoms with Crippen molar-refractivity contribution in [1.82, 2.24) is 19.7 Å². The molecule has 3 rings (SSSR count). The third-order valence-corrected chi connectivity index (χ3v) is 4.12. The van der Waals surface area contributed by atoms with Gasteiger partial charge in [-0.15, -0.1) is 10.2 Å². The Bertz CT molecular complexity index is 578. The standard InChI is InChI=1S/C15H20N4O/c1-11-3-5-13(6-4-11)15(20)12(2)18-7-8-19-10-16-17-14(19)9-18/h3-6,10,12,15,20H,7-9H2,1-2H3. The molecule has 1 N–H and O–H groups in total. The average molecular weight is 272 g/mol. The highest BCUT2D eigenvalue weighted by Crippen LogP contribution is 2.24. The zero-order valence-electron chi connectivity index (χ0n) is 11.9. The maximum Gasteiger partial charge on any atom is 0.147 e. The molecule has 5 nitrogen and oxygen atoms in total. The van der Waals surface area contributed by atoms with E-state index >= 15 is 0 Å². The fourth-order valence-corrected chi connectivity index (χ4v) is 2.67. The number of aliphatic hydroxyl groups excluding tert-OH is 1. The van der Waals surface area contributed by atoms with Gasteiger partial charge in [0.1, 0.15) is 12.2 Å². The lowest BCUT2D eigenvalue weighted by Crippen LogP contribution is -2.42. The first-order chi connectivity index (χ1) is 9.65. The van der Waals surface area contributed by atoms with Gasteiger partial charge in [-0.2, -0.15) is 0 Å². The van der Waals surface area contributed by atoms with E-state index in [9.17, 15) is 5.11 Å². The molecule has 2 aromatic rings. The molecule has 2 heterocycles. The lowest BCUT2D eigenvalue weighted by molar-refractivity contribution is 0.0416. The monoisotopic (exact) mass is 272 g/mol. The fraction of sp³-hybridized carbons (Fsp3) is 0.467. The Balaban J connectivity index is 1.73. The summed E-state index contributed by atoms with van der Waals surface area (Å²) in [6, 6.07) is 8.14. The minimum Gasteiger partial charge on any atom is -0.387 e. The summed E-state index contributed by atoms with van der Waals surface area (Å²) in [5, 5.41) is 18.6. The van der Waals surface area contributed by atoms with Crippen LogP contribution in [0.15, 0.2) is 30.6 Å². The van der Waals surface area contributed by atoms with Crippen LogP contribution in [0.3, 0.4) is 0 Å². The van der Waals surface area contributed by atoms with Gasteiger partial charge in [0.25, 0.3) is 0 Å². The number of aromatic nitrogens is 3. The minimum absolute atomic E-state index is 0.0585. The first-order valence-corrected chi connectivity index (χ1v) is 7.00. The number of aliphatic hydroxyl groups is 1. The van der Waals surface area contributed by atoms with Gasteiger partial charge in [-0.3, -0.25) is 4.90 Å². The Labute approximate surface area is 118 Å². The molecule has 0 bridgehead atoms. The van der Waals surface area contributed by atoms with Crippen LogP contribution < -0.4 is 0 Å². The average Bonchev–Trinajstić information content (AvgIpc) is 2.94. The van der Waals surface area contributed by atoms with Crippen molar-refractivity contribution < 1.29 is 5.11 Å². The van der Waals surface area contributed by atoms with E-state index in [4.69, 9.17) is 0 Å². The SMILES string of the molecule is Cc1ccc(C(O)C(C)N2CCn3cnnc3C2)cc1. The quantitative estimate of drug-likeness (QED) is 0.920. The topological polar surface area (TPSA) is 54.2 Å². The first-order valence-electron chi connectivity index (χ1n) is 7.00. The van der Waals surface area contributed by atoms with Crippen LogP contribution in [0.25, 0.3) is 0 Å². The lowest BCUT2D eigenvalue weighted by atomic mass is 10.0. The van der Waals surface area contributed by atoms with Crippen LogP contribution in [-0.4, -0.2) is 37.4 Å². The van der Waals surface area contributed by atoms with Gasteiger partial charge in [-0.25, -0.2) is 0 Å². The Morgan fingerprint density at radius 1 is 1.20 bits per heavy atom. The van der Waals surface area contributed by atoms with E-state index in [0.29, 0.717) is 0 Å². The molecule has 1 aromatic carbocycles. The molecule has 1 aliphatic heterocycles. The highest BCUT2D eigenvalue weighted by molar-refractivity contribution is 5.24. The van der Waals surface area contributed by atoms with E-state index in [-0.39, 0.29) is 6.04 Å². The van der Waals surface area contributed by atoms with Crippen LogP contribution in [-0.2, 0) is 13.1 Å². The number of rotatable bonds is 3. The highest BCUT2D eigenvalue weighted by Gasteiger charge is 2.27. The van der Waals surface area contributed by atoms with Gasteiger partial charge in [0.15, 0.2) is 0 Å². The molecular formula is C15H20N4O. The number of nitrogens with zero attached hydrogens (tertiary/aromatic N) is 4. The summed E-state index contributed by atoms with van der Waals surface area (Å²) < 4.78 is 2.07. The van der Waals surface area contributed by atoms with Gasteiger partial charge in [0.05, 0.1) is 12.6 Å². The largest absolute Gasteiger partial charge is 0.387 e. The third kappa shape index (κ3) is 2.46. The van der Waals surface area contributed by atoms with Gasteiger partial charge >= 0.3 is 0 Å². The summed E-state index contributed by atoms with van der Waals surface area (Å²) in [6.07, 6.45) is 1.29. The van der Waals surface area contributed by atoms with Gasteiger partial charge < -0.3 is 9.67 Å². The number of fused-ring (bicyclic) bond motifs is 1. The van der Waals surface area contributed by atoms with Crippen molar-refractivity contribution in [2.24, 2.45) is 0 Å². The third-order valence-electron chi connectivity index (χ3n) is 4.12. The lowest BCUT2D eigenvalue weighted by Gasteiger charge is -2.35. The zero-order chi connectivity index (χ0) is 14.1. The van der Waals surface area contributed by atoms with Crippen molar-refractivity contribution in [3.8, 4) is 0 Å². The van der Waals surface area contributed by atoms with E-state index in [0.717, 1.165) is 31.0 Å². The molecule has 0 amide bonds. The summed E-state index contributed by atoms with van der Waals surface area (Å²) >= 11 is 0. The van der Waals surface area contributed by atoms with Crippen LogP contribution >= 0.6 is 0 Å². The molecule has 0 aliphatic carbocycles. The van der Waals surface area contributed by atoms with Crippen LogP contribution in [0.2, 0.25) is 0 Å². The summed E-state index contributed by atoms with van der Waals surface area (Å²) in [7, 11) is 0. The predicted molar refractivity (Wildman–Crippen MR) is 76.0 cm³/mol. The van der Waals surface area contributed by atoms with Crippen molar-refractivity contribution in [2.45, 2.75) is 39.1 Å². The van der Waals surface area contributed by atoms with Crippen LogP contribution in [0, 0.1) is 6.92 Å². The van der Waals surface area contributed by atoms with Crippen molar-refractivity contribution in [3.63, 3.8) is 0 Å². The summed E-state index contributed by atoms with van der Waals surface area (Å²) in [4.78, 5) is 2.26. The number of hydrogen-bond acceptors (Lipinski definition) is 4. The maximum atomic E-state index is 10.5. The Kier molecular flexibility index (Phi) is 3.54. The van der Waals surface area contributed by atoms with Crippen molar-refractivity contribution in [3.05, 3.63) is 47.5 Å². The molecule has 20 heavy (non-hydrogen) atoms. The normalized spacial score (nSPS) is 18.6. The van der Waals surface area contributed by atoms with E-state index in [2.05, 4.69) is 33.5 Å². The molecule has 106 valence electrons. The molecule has 0 radical (unpaired) electrons. The predicted octanol–water partition coefficient (Wildman–Crippen LogP) is 1.52. The maximum absolute atomic E-state index is 10.5. The fourth-order valence-electron chi connectivity index (χ4n) is 2.67. The summed E-state index contributed by atoms with van der Waals surface area (Å²) in [6.45, 7) is 6.65. The van der Waals surface area contributed by atoms with Crippen LogP contribution in [0.4, 0.5) is 0 Å². The van der Waals surface area contributed by atoms with Gasteiger partial charge in [0.2, 0.25) is 0 Å². The van der Waals surface area contributed by atoms with Crippen molar-refractivity contribution >= 4 is 0 Å². The Hall–Kier alpha value is -1.72. The summed E-state index contributed by atoms with van der Waals surface area (Å²) in [5.41, 5.74) is 2.18. The van der Waals surface area contributed by atoms with Crippen molar-refractivity contribution in [2.75, 3.05) is 6.54 Å².